The first-order valence-electron chi connectivity index (χ1n) is 5.83. The number of carboxylic acid groups (broad SMARTS) is 1. The zero-order chi connectivity index (χ0) is 11.1. The molecule has 3 heteroatoms. The fraction of sp³-hybridized carbons (Fsp3) is 0.750. The molecule has 0 aromatic rings. The second-order valence-electron chi connectivity index (χ2n) is 4.27. The number of carboxylic acids is 1. The van der Waals surface area contributed by atoms with Gasteiger partial charge in [0.15, 0.2) is 0 Å². The molecule has 1 fully saturated rings. The van der Waals surface area contributed by atoms with Gasteiger partial charge in [0.1, 0.15) is 0 Å². The molecule has 0 atom stereocenters. The molecule has 0 bridgehead atoms. The minimum Gasteiger partial charge on any atom is -0.478 e. The van der Waals surface area contributed by atoms with E-state index in [9.17, 15) is 4.79 Å². The Bertz CT molecular complexity index is 222. The second-order valence-corrected chi connectivity index (χ2v) is 4.27. The topological polar surface area (TPSA) is 40.3 Å². The maximum absolute atomic E-state index is 10.4. The normalized spacial score (nSPS) is 15.2. The highest BCUT2D eigenvalue weighted by Crippen LogP contribution is 2.11. The lowest BCUT2D eigenvalue weighted by Crippen LogP contribution is -1.99. The summed E-state index contributed by atoms with van der Waals surface area (Å²) >= 11 is 0. The van der Waals surface area contributed by atoms with Gasteiger partial charge in [-0.2, -0.15) is 0 Å². The van der Waals surface area contributed by atoms with E-state index in [0.717, 1.165) is 12.8 Å². The van der Waals surface area contributed by atoms with Gasteiger partial charge in [-0.25, -0.2) is 4.79 Å². The van der Waals surface area contributed by atoms with Gasteiger partial charge in [-0.3, -0.25) is 0 Å². The lowest BCUT2D eigenvalue weighted by atomic mass is 10.1. The van der Waals surface area contributed by atoms with Crippen LogP contribution in [0.3, 0.4) is 0 Å². The second kappa shape index (κ2) is 6.62. The SMILES string of the molecule is C=C(CCCCCCCN1CC1)C(=O)O. The Labute approximate surface area is 91.8 Å². The summed E-state index contributed by atoms with van der Waals surface area (Å²) in [6.07, 6.45) is 6.53. The van der Waals surface area contributed by atoms with E-state index in [4.69, 9.17) is 5.11 Å². The highest BCUT2D eigenvalue weighted by atomic mass is 16.4. The zero-order valence-electron chi connectivity index (χ0n) is 9.37. The Kier molecular flexibility index (Phi) is 5.40. The number of nitrogens with zero attached hydrogens (tertiary/aromatic N) is 1. The number of hydrogen-bond donors (Lipinski definition) is 1. The van der Waals surface area contributed by atoms with Crippen LogP contribution >= 0.6 is 0 Å². The van der Waals surface area contributed by atoms with E-state index in [2.05, 4.69) is 11.5 Å². The summed E-state index contributed by atoms with van der Waals surface area (Å²) in [7, 11) is 0. The number of hydrogen-bond acceptors (Lipinski definition) is 2. The molecular formula is C12H21NO2. The summed E-state index contributed by atoms with van der Waals surface area (Å²) in [4.78, 5) is 12.9. The molecule has 86 valence electrons. The number of rotatable bonds is 9. The molecule has 15 heavy (non-hydrogen) atoms. The van der Waals surface area contributed by atoms with Crippen molar-refractivity contribution in [3.05, 3.63) is 12.2 Å². The van der Waals surface area contributed by atoms with Crippen LogP contribution in [0.1, 0.15) is 38.5 Å². The van der Waals surface area contributed by atoms with E-state index in [0.29, 0.717) is 12.0 Å². The fourth-order valence-electron chi connectivity index (χ4n) is 1.61. The molecule has 0 aromatic heterocycles. The van der Waals surface area contributed by atoms with Gasteiger partial charge >= 0.3 is 5.97 Å². The molecule has 0 aromatic carbocycles. The third-order valence-corrected chi connectivity index (χ3v) is 2.80. The van der Waals surface area contributed by atoms with Crippen molar-refractivity contribution in [2.45, 2.75) is 38.5 Å². The molecule has 1 N–H and O–H groups in total. The lowest BCUT2D eigenvalue weighted by Gasteiger charge is -2.02. The van der Waals surface area contributed by atoms with E-state index in [1.54, 1.807) is 0 Å². The van der Waals surface area contributed by atoms with E-state index in [1.807, 2.05) is 0 Å². The first-order valence-corrected chi connectivity index (χ1v) is 5.83. The quantitative estimate of drug-likeness (QED) is 0.361. The van der Waals surface area contributed by atoms with E-state index >= 15 is 0 Å². The number of aliphatic carboxylic acids is 1. The minimum atomic E-state index is -0.850. The number of carbonyl (C=O) groups is 1. The molecule has 0 saturated carbocycles. The van der Waals surface area contributed by atoms with Gasteiger partial charge in [0.25, 0.3) is 0 Å². The summed E-state index contributed by atoms with van der Waals surface area (Å²) in [5, 5.41) is 8.59. The van der Waals surface area contributed by atoms with Crippen molar-refractivity contribution in [3.8, 4) is 0 Å². The smallest absolute Gasteiger partial charge is 0.330 e. The van der Waals surface area contributed by atoms with Crippen molar-refractivity contribution in [1.29, 1.82) is 0 Å². The lowest BCUT2D eigenvalue weighted by molar-refractivity contribution is -0.132. The minimum absolute atomic E-state index is 0.346. The van der Waals surface area contributed by atoms with Crippen molar-refractivity contribution >= 4 is 5.97 Å². The molecule has 0 radical (unpaired) electrons. The largest absolute Gasteiger partial charge is 0.478 e. The Morgan fingerprint density at radius 2 is 1.73 bits per heavy atom. The Hall–Kier alpha value is -0.830. The van der Waals surface area contributed by atoms with Crippen LogP contribution < -0.4 is 0 Å². The molecule has 0 unspecified atom stereocenters. The first-order chi connectivity index (χ1) is 7.20. The van der Waals surface area contributed by atoms with Gasteiger partial charge in [0.05, 0.1) is 0 Å². The van der Waals surface area contributed by atoms with Gasteiger partial charge in [0, 0.05) is 18.7 Å². The summed E-state index contributed by atoms with van der Waals surface area (Å²) < 4.78 is 0. The molecule has 0 amide bonds. The van der Waals surface area contributed by atoms with Gasteiger partial charge in [-0.15, -0.1) is 0 Å². The molecule has 3 nitrogen and oxygen atoms in total. The zero-order valence-corrected chi connectivity index (χ0v) is 9.37. The first kappa shape index (κ1) is 12.2. The van der Waals surface area contributed by atoms with Crippen molar-refractivity contribution in [1.82, 2.24) is 4.90 Å². The highest BCUT2D eigenvalue weighted by molar-refractivity contribution is 5.85. The van der Waals surface area contributed by atoms with Crippen LogP contribution in [0.25, 0.3) is 0 Å². The maximum Gasteiger partial charge on any atom is 0.330 e. The van der Waals surface area contributed by atoms with E-state index in [1.165, 1.54) is 38.9 Å². The third kappa shape index (κ3) is 6.28. The van der Waals surface area contributed by atoms with Crippen LogP contribution in [0.5, 0.6) is 0 Å². The van der Waals surface area contributed by atoms with E-state index in [-0.39, 0.29) is 0 Å². The molecule has 1 saturated heterocycles. The average molecular weight is 211 g/mol. The van der Waals surface area contributed by atoms with E-state index < -0.39 is 5.97 Å². The molecule has 1 aliphatic rings. The molecule has 1 aliphatic heterocycles. The maximum atomic E-state index is 10.4. The Morgan fingerprint density at radius 3 is 2.33 bits per heavy atom. The Balaban J connectivity index is 1.79. The van der Waals surface area contributed by atoms with Crippen molar-refractivity contribution in [2.24, 2.45) is 0 Å². The fourth-order valence-corrected chi connectivity index (χ4v) is 1.61. The van der Waals surface area contributed by atoms with Crippen molar-refractivity contribution in [3.63, 3.8) is 0 Å². The summed E-state index contributed by atoms with van der Waals surface area (Å²) in [6.45, 7) is 7.35. The predicted octanol–water partition coefficient (Wildman–Crippen LogP) is 2.28. The monoisotopic (exact) mass is 211 g/mol. The van der Waals surface area contributed by atoms with Crippen LogP contribution in [0, 0.1) is 0 Å². The summed E-state index contributed by atoms with van der Waals surface area (Å²) in [6, 6.07) is 0. The van der Waals surface area contributed by atoms with Crippen LogP contribution in [0.15, 0.2) is 12.2 Å². The van der Waals surface area contributed by atoms with Gasteiger partial charge in [-0.1, -0.05) is 25.8 Å². The van der Waals surface area contributed by atoms with Crippen molar-refractivity contribution < 1.29 is 9.90 Å². The molecule has 0 aliphatic carbocycles. The van der Waals surface area contributed by atoms with Gasteiger partial charge in [-0.05, 0) is 25.8 Å². The molecular weight excluding hydrogens is 190 g/mol. The number of unbranched alkanes of at least 4 members (excludes halogenated alkanes) is 4. The third-order valence-electron chi connectivity index (χ3n) is 2.80. The average Bonchev–Trinajstić information content (AvgIpc) is 2.99. The van der Waals surface area contributed by atoms with Crippen LogP contribution in [-0.4, -0.2) is 35.6 Å². The molecule has 0 spiro atoms. The van der Waals surface area contributed by atoms with Crippen LogP contribution in [-0.2, 0) is 4.79 Å². The highest BCUT2D eigenvalue weighted by Gasteiger charge is 2.15. The Morgan fingerprint density at radius 1 is 1.13 bits per heavy atom. The summed E-state index contributed by atoms with van der Waals surface area (Å²) in [5.41, 5.74) is 0.346. The van der Waals surface area contributed by atoms with Crippen LogP contribution in [0.2, 0.25) is 0 Å². The standard InChI is InChI=1S/C12H21NO2/c1-11(12(14)15)7-5-3-2-4-6-8-13-9-10-13/h1-10H2,(H,14,15). The molecule has 1 heterocycles. The van der Waals surface area contributed by atoms with Gasteiger partial charge in [0.2, 0.25) is 0 Å². The summed E-state index contributed by atoms with van der Waals surface area (Å²) in [5.74, 6) is -0.850. The predicted molar refractivity (Wildman–Crippen MR) is 60.9 cm³/mol. The van der Waals surface area contributed by atoms with Crippen LogP contribution in [0.4, 0.5) is 0 Å². The van der Waals surface area contributed by atoms with Crippen molar-refractivity contribution in [2.75, 3.05) is 19.6 Å². The van der Waals surface area contributed by atoms with Gasteiger partial charge < -0.3 is 10.0 Å². The molecule has 1 rings (SSSR count).